The highest BCUT2D eigenvalue weighted by Crippen LogP contribution is 2.22. The first-order valence-electron chi connectivity index (χ1n) is 8.32. The van der Waals surface area contributed by atoms with Gasteiger partial charge in [0, 0.05) is 18.5 Å². The van der Waals surface area contributed by atoms with Crippen LogP contribution in [0.5, 0.6) is 0 Å². The molecule has 0 spiro atoms. The van der Waals surface area contributed by atoms with Crippen LogP contribution in [0, 0.1) is 0 Å². The quantitative estimate of drug-likeness (QED) is 0.761. The van der Waals surface area contributed by atoms with Gasteiger partial charge in [-0.1, -0.05) is 30.3 Å². The van der Waals surface area contributed by atoms with Gasteiger partial charge < -0.3 is 14.6 Å². The summed E-state index contributed by atoms with van der Waals surface area (Å²) < 4.78 is 5.58. The number of hydrogen-bond donors (Lipinski definition) is 1. The smallest absolute Gasteiger partial charge is 0.291 e. The fraction of sp³-hybridized carbons (Fsp3) is 0.200. The first-order chi connectivity index (χ1) is 12.1. The van der Waals surface area contributed by atoms with E-state index in [1.807, 2.05) is 38.1 Å². The van der Waals surface area contributed by atoms with Crippen molar-refractivity contribution in [2.75, 3.05) is 18.4 Å². The minimum Gasteiger partial charge on any atom is -0.451 e. The Balaban J connectivity index is 1.87. The Morgan fingerprint density at radius 2 is 1.68 bits per heavy atom. The lowest BCUT2D eigenvalue weighted by molar-refractivity contribution is 0.0774. The van der Waals surface area contributed by atoms with Crippen LogP contribution in [0.25, 0.3) is 11.0 Å². The zero-order valence-corrected chi connectivity index (χ0v) is 14.3. The van der Waals surface area contributed by atoms with E-state index in [4.69, 9.17) is 4.42 Å². The van der Waals surface area contributed by atoms with E-state index < -0.39 is 0 Å². The van der Waals surface area contributed by atoms with Crippen molar-refractivity contribution in [1.29, 1.82) is 0 Å². The molecular formula is C20H20N2O3. The Morgan fingerprint density at radius 3 is 2.40 bits per heavy atom. The van der Waals surface area contributed by atoms with Crippen molar-refractivity contribution in [2.45, 2.75) is 13.8 Å². The number of hydrogen-bond acceptors (Lipinski definition) is 3. The number of benzene rings is 2. The van der Waals surface area contributed by atoms with Gasteiger partial charge in [0.2, 0.25) is 0 Å². The Kier molecular flexibility index (Phi) is 4.84. The summed E-state index contributed by atoms with van der Waals surface area (Å²) in [7, 11) is 0. The largest absolute Gasteiger partial charge is 0.451 e. The summed E-state index contributed by atoms with van der Waals surface area (Å²) in [5.74, 6) is -0.271. The molecular weight excluding hydrogens is 316 g/mol. The van der Waals surface area contributed by atoms with Gasteiger partial charge in [-0.25, -0.2) is 0 Å². The molecule has 0 aliphatic heterocycles. The monoisotopic (exact) mass is 336 g/mol. The third-order valence-electron chi connectivity index (χ3n) is 4.11. The number of amides is 2. The first kappa shape index (κ1) is 16.8. The van der Waals surface area contributed by atoms with Crippen molar-refractivity contribution < 1.29 is 14.0 Å². The fourth-order valence-electron chi connectivity index (χ4n) is 2.74. The number of para-hydroxylation sites is 2. The van der Waals surface area contributed by atoms with Gasteiger partial charge in [-0.3, -0.25) is 9.59 Å². The van der Waals surface area contributed by atoms with Crippen molar-refractivity contribution >= 4 is 28.5 Å². The van der Waals surface area contributed by atoms with Gasteiger partial charge >= 0.3 is 0 Å². The molecule has 3 aromatic rings. The normalized spacial score (nSPS) is 10.6. The fourth-order valence-corrected chi connectivity index (χ4v) is 2.74. The molecule has 1 aromatic heterocycles. The number of nitrogens with one attached hydrogen (secondary N) is 1. The molecule has 2 amide bonds. The topological polar surface area (TPSA) is 62.6 Å². The van der Waals surface area contributed by atoms with E-state index in [1.165, 1.54) is 0 Å². The minimum atomic E-state index is -0.379. The standard InChI is InChI=1S/C20H20N2O3/c1-3-22(4-2)20(24)15-10-6-7-11-16(15)21-19(23)18-13-14-9-5-8-12-17(14)25-18/h5-13H,3-4H2,1-2H3,(H,21,23). The number of rotatable bonds is 5. The molecule has 0 saturated heterocycles. The summed E-state index contributed by atoms with van der Waals surface area (Å²) in [5, 5.41) is 3.65. The van der Waals surface area contributed by atoms with E-state index in [2.05, 4.69) is 5.32 Å². The SMILES string of the molecule is CCN(CC)C(=O)c1ccccc1NC(=O)c1cc2ccccc2o1. The van der Waals surface area contributed by atoms with Crippen LogP contribution in [0.3, 0.4) is 0 Å². The summed E-state index contributed by atoms with van der Waals surface area (Å²) in [4.78, 5) is 26.9. The van der Waals surface area contributed by atoms with E-state index in [0.717, 1.165) is 5.39 Å². The van der Waals surface area contributed by atoms with Crippen LogP contribution < -0.4 is 5.32 Å². The van der Waals surface area contributed by atoms with Crippen LogP contribution in [0.1, 0.15) is 34.8 Å². The molecule has 0 bridgehead atoms. The molecule has 128 valence electrons. The van der Waals surface area contributed by atoms with E-state index in [0.29, 0.717) is 29.9 Å². The maximum atomic E-state index is 12.6. The van der Waals surface area contributed by atoms with Crippen LogP contribution in [-0.4, -0.2) is 29.8 Å². The molecule has 0 unspecified atom stereocenters. The third kappa shape index (κ3) is 3.40. The summed E-state index contributed by atoms with van der Waals surface area (Å²) >= 11 is 0. The Bertz CT molecular complexity index is 877. The molecule has 5 heteroatoms. The molecule has 0 aliphatic rings. The molecule has 5 nitrogen and oxygen atoms in total. The lowest BCUT2D eigenvalue weighted by Crippen LogP contribution is -2.31. The van der Waals surface area contributed by atoms with Crippen LogP contribution in [-0.2, 0) is 0 Å². The average molecular weight is 336 g/mol. The number of anilines is 1. The second-order valence-electron chi connectivity index (χ2n) is 5.63. The number of furan rings is 1. The van der Waals surface area contributed by atoms with Gasteiger partial charge in [-0.15, -0.1) is 0 Å². The number of fused-ring (bicyclic) bond motifs is 1. The molecule has 2 aromatic carbocycles. The number of carbonyl (C=O) groups is 2. The van der Waals surface area contributed by atoms with E-state index in [-0.39, 0.29) is 17.6 Å². The van der Waals surface area contributed by atoms with Gasteiger partial charge in [0.25, 0.3) is 11.8 Å². The summed E-state index contributed by atoms with van der Waals surface area (Å²) in [6.07, 6.45) is 0. The third-order valence-corrected chi connectivity index (χ3v) is 4.11. The maximum absolute atomic E-state index is 12.6. The van der Waals surface area contributed by atoms with Gasteiger partial charge in [0.15, 0.2) is 5.76 Å². The zero-order chi connectivity index (χ0) is 17.8. The van der Waals surface area contributed by atoms with E-state index in [1.54, 1.807) is 35.2 Å². The van der Waals surface area contributed by atoms with E-state index in [9.17, 15) is 9.59 Å². The molecule has 25 heavy (non-hydrogen) atoms. The molecule has 0 fully saturated rings. The number of nitrogens with zero attached hydrogens (tertiary/aromatic N) is 1. The van der Waals surface area contributed by atoms with Crippen molar-refractivity contribution in [2.24, 2.45) is 0 Å². The highest BCUT2D eigenvalue weighted by Gasteiger charge is 2.19. The zero-order valence-electron chi connectivity index (χ0n) is 14.3. The van der Waals surface area contributed by atoms with Gasteiger partial charge in [0.1, 0.15) is 5.58 Å². The Morgan fingerprint density at radius 1 is 1.00 bits per heavy atom. The molecule has 0 saturated carbocycles. The van der Waals surface area contributed by atoms with Crippen molar-refractivity contribution in [3.8, 4) is 0 Å². The minimum absolute atomic E-state index is 0.106. The molecule has 0 aliphatic carbocycles. The van der Waals surface area contributed by atoms with Crippen LogP contribution in [0.4, 0.5) is 5.69 Å². The molecule has 1 N–H and O–H groups in total. The number of carbonyl (C=O) groups excluding carboxylic acids is 2. The van der Waals surface area contributed by atoms with Crippen LogP contribution >= 0.6 is 0 Å². The van der Waals surface area contributed by atoms with Gasteiger partial charge in [0.05, 0.1) is 11.3 Å². The van der Waals surface area contributed by atoms with Crippen molar-refractivity contribution in [1.82, 2.24) is 4.90 Å². The van der Waals surface area contributed by atoms with Gasteiger partial charge in [-0.05, 0) is 38.1 Å². The second kappa shape index (κ2) is 7.21. The van der Waals surface area contributed by atoms with Crippen LogP contribution in [0.2, 0.25) is 0 Å². The lowest BCUT2D eigenvalue weighted by atomic mass is 10.1. The van der Waals surface area contributed by atoms with E-state index >= 15 is 0 Å². The Labute approximate surface area is 146 Å². The predicted molar refractivity (Wildman–Crippen MR) is 97.9 cm³/mol. The summed E-state index contributed by atoms with van der Waals surface area (Å²) in [6, 6.07) is 16.1. The summed E-state index contributed by atoms with van der Waals surface area (Å²) in [6.45, 7) is 5.08. The highest BCUT2D eigenvalue weighted by molar-refractivity contribution is 6.09. The highest BCUT2D eigenvalue weighted by atomic mass is 16.3. The average Bonchev–Trinajstić information content (AvgIpc) is 3.07. The van der Waals surface area contributed by atoms with Crippen LogP contribution in [0.15, 0.2) is 59.0 Å². The first-order valence-corrected chi connectivity index (χ1v) is 8.32. The molecule has 0 atom stereocenters. The lowest BCUT2D eigenvalue weighted by Gasteiger charge is -2.20. The second-order valence-corrected chi connectivity index (χ2v) is 5.63. The molecule has 1 heterocycles. The van der Waals surface area contributed by atoms with Gasteiger partial charge in [-0.2, -0.15) is 0 Å². The van der Waals surface area contributed by atoms with Crippen molar-refractivity contribution in [3.63, 3.8) is 0 Å². The molecule has 3 rings (SSSR count). The maximum Gasteiger partial charge on any atom is 0.291 e. The molecule has 0 radical (unpaired) electrons. The summed E-state index contributed by atoms with van der Waals surface area (Å²) in [5.41, 5.74) is 1.60. The Hall–Kier alpha value is -3.08. The van der Waals surface area contributed by atoms with Crippen molar-refractivity contribution in [3.05, 3.63) is 65.9 Å². The predicted octanol–water partition coefficient (Wildman–Crippen LogP) is 4.17.